The van der Waals surface area contributed by atoms with Crippen LogP contribution >= 0.6 is 0 Å². The van der Waals surface area contributed by atoms with Gasteiger partial charge in [-0.05, 0) is 67.9 Å². The number of benzene rings is 2. The standard InChI is InChI=1S/C29H36N2O4/c1-20(28(32)30-19-25-12-7-17-34-25)35-24-14-13-21-15-16-31(29(33)23-10-5-6-11-23)27(26(21)18-24)22-8-3-2-4-9-22/h2-4,8-9,13-14,18,20,23,25,27H,5-7,10-12,15-17,19H2,1H3,(H,30,32). The molecule has 0 aromatic heterocycles. The Morgan fingerprint density at radius 1 is 1.09 bits per heavy atom. The van der Waals surface area contributed by atoms with Crippen LogP contribution in [0, 0.1) is 5.92 Å². The summed E-state index contributed by atoms with van der Waals surface area (Å²) < 4.78 is 11.7. The van der Waals surface area contributed by atoms with Crippen molar-refractivity contribution in [1.29, 1.82) is 0 Å². The number of rotatable bonds is 7. The summed E-state index contributed by atoms with van der Waals surface area (Å²) in [5.74, 6) is 0.917. The molecule has 5 rings (SSSR count). The SMILES string of the molecule is CC(Oc1ccc2c(c1)C(c1ccccc1)N(C(=O)C1CCCC1)CC2)C(=O)NCC1CCCO1. The van der Waals surface area contributed by atoms with E-state index in [2.05, 4.69) is 28.4 Å². The van der Waals surface area contributed by atoms with Crippen LogP contribution in [0.25, 0.3) is 0 Å². The van der Waals surface area contributed by atoms with Gasteiger partial charge >= 0.3 is 0 Å². The van der Waals surface area contributed by atoms with E-state index in [0.29, 0.717) is 12.3 Å². The van der Waals surface area contributed by atoms with Gasteiger partial charge in [-0.3, -0.25) is 9.59 Å². The lowest BCUT2D eigenvalue weighted by Gasteiger charge is -2.39. The average molecular weight is 477 g/mol. The Morgan fingerprint density at radius 3 is 2.63 bits per heavy atom. The molecule has 2 amide bonds. The molecule has 0 radical (unpaired) electrons. The second kappa shape index (κ2) is 10.8. The Morgan fingerprint density at radius 2 is 1.89 bits per heavy atom. The third kappa shape index (κ3) is 5.37. The van der Waals surface area contributed by atoms with Gasteiger partial charge in [0.25, 0.3) is 5.91 Å². The Bertz CT molecular complexity index is 1030. The number of hydrogen-bond donors (Lipinski definition) is 1. The van der Waals surface area contributed by atoms with E-state index in [1.54, 1.807) is 6.92 Å². The van der Waals surface area contributed by atoms with Crippen LogP contribution in [-0.2, 0) is 20.7 Å². The zero-order valence-electron chi connectivity index (χ0n) is 20.6. The summed E-state index contributed by atoms with van der Waals surface area (Å²) in [6.45, 7) is 3.79. The van der Waals surface area contributed by atoms with Crippen LogP contribution in [0.3, 0.4) is 0 Å². The third-order valence-electron chi connectivity index (χ3n) is 7.66. The third-order valence-corrected chi connectivity index (χ3v) is 7.66. The Balaban J connectivity index is 1.36. The number of amides is 2. The van der Waals surface area contributed by atoms with Gasteiger partial charge in [0.05, 0.1) is 12.1 Å². The summed E-state index contributed by atoms with van der Waals surface area (Å²) in [7, 11) is 0. The fourth-order valence-electron chi connectivity index (χ4n) is 5.73. The predicted octanol–water partition coefficient (Wildman–Crippen LogP) is 4.41. The van der Waals surface area contributed by atoms with E-state index >= 15 is 0 Å². The van der Waals surface area contributed by atoms with Gasteiger partial charge in [0, 0.05) is 25.6 Å². The van der Waals surface area contributed by atoms with Crippen molar-refractivity contribution in [2.24, 2.45) is 5.92 Å². The van der Waals surface area contributed by atoms with Crippen LogP contribution in [0.15, 0.2) is 48.5 Å². The number of carbonyl (C=O) groups excluding carboxylic acids is 2. The second-order valence-electron chi connectivity index (χ2n) is 10.1. The van der Waals surface area contributed by atoms with Crippen molar-refractivity contribution in [3.8, 4) is 5.75 Å². The number of hydrogen-bond acceptors (Lipinski definition) is 4. The zero-order valence-corrected chi connectivity index (χ0v) is 20.6. The summed E-state index contributed by atoms with van der Waals surface area (Å²) in [5, 5.41) is 2.95. The molecule has 2 heterocycles. The number of ether oxygens (including phenoxy) is 2. The number of nitrogens with one attached hydrogen (secondary N) is 1. The van der Waals surface area contributed by atoms with E-state index in [-0.39, 0.29) is 29.9 Å². The summed E-state index contributed by atoms with van der Waals surface area (Å²) in [5.41, 5.74) is 3.44. The minimum Gasteiger partial charge on any atom is -0.481 e. The highest BCUT2D eigenvalue weighted by atomic mass is 16.5. The lowest BCUT2D eigenvalue weighted by Crippen LogP contribution is -2.43. The predicted molar refractivity (Wildman–Crippen MR) is 134 cm³/mol. The first-order valence-electron chi connectivity index (χ1n) is 13.1. The molecule has 2 aromatic carbocycles. The van der Waals surface area contributed by atoms with Crippen LogP contribution in [0.1, 0.15) is 68.2 Å². The Kier molecular flexibility index (Phi) is 7.37. The zero-order chi connectivity index (χ0) is 24.2. The monoisotopic (exact) mass is 476 g/mol. The van der Waals surface area contributed by atoms with Crippen molar-refractivity contribution in [3.63, 3.8) is 0 Å². The van der Waals surface area contributed by atoms with Gasteiger partial charge in [-0.15, -0.1) is 0 Å². The van der Waals surface area contributed by atoms with Gasteiger partial charge in [0.1, 0.15) is 5.75 Å². The molecule has 6 nitrogen and oxygen atoms in total. The lowest BCUT2D eigenvalue weighted by molar-refractivity contribution is -0.137. The first-order valence-corrected chi connectivity index (χ1v) is 13.1. The van der Waals surface area contributed by atoms with Crippen LogP contribution in [-0.4, -0.2) is 48.6 Å². The maximum absolute atomic E-state index is 13.6. The molecule has 1 saturated carbocycles. The van der Waals surface area contributed by atoms with E-state index < -0.39 is 6.10 Å². The average Bonchev–Trinajstić information content (AvgIpc) is 3.61. The number of fused-ring (bicyclic) bond motifs is 1. The van der Waals surface area contributed by atoms with Crippen LogP contribution in [0.5, 0.6) is 5.75 Å². The molecule has 2 aliphatic heterocycles. The normalized spacial score (nSPS) is 23.1. The molecule has 3 atom stereocenters. The van der Waals surface area contributed by atoms with E-state index in [1.165, 1.54) is 5.56 Å². The highest BCUT2D eigenvalue weighted by molar-refractivity contribution is 5.81. The minimum absolute atomic E-state index is 0.102. The number of carbonyl (C=O) groups is 2. The van der Waals surface area contributed by atoms with Crippen molar-refractivity contribution in [1.82, 2.24) is 10.2 Å². The molecule has 1 saturated heterocycles. The quantitative estimate of drug-likeness (QED) is 0.643. The summed E-state index contributed by atoms with van der Waals surface area (Å²) >= 11 is 0. The molecule has 6 heteroatoms. The highest BCUT2D eigenvalue weighted by Gasteiger charge is 2.36. The van der Waals surface area contributed by atoms with E-state index in [0.717, 1.165) is 69.2 Å². The van der Waals surface area contributed by atoms with E-state index in [4.69, 9.17) is 9.47 Å². The topological polar surface area (TPSA) is 67.9 Å². The second-order valence-corrected chi connectivity index (χ2v) is 10.1. The smallest absolute Gasteiger partial charge is 0.260 e. The maximum atomic E-state index is 13.6. The summed E-state index contributed by atoms with van der Waals surface area (Å²) in [4.78, 5) is 28.3. The van der Waals surface area contributed by atoms with Crippen LogP contribution in [0.4, 0.5) is 0 Å². The van der Waals surface area contributed by atoms with Gasteiger partial charge in [-0.1, -0.05) is 49.2 Å². The van der Waals surface area contributed by atoms with Gasteiger partial charge in [0.2, 0.25) is 5.91 Å². The van der Waals surface area contributed by atoms with Crippen LogP contribution < -0.4 is 10.1 Å². The van der Waals surface area contributed by atoms with Crippen molar-refractivity contribution < 1.29 is 19.1 Å². The van der Waals surface area contributed by atoms with Crippen molar-refractivity contribution in [2.75, 3.05) is 19.7 Å². The maximum Gasteiger partial charge on any atom is 0.260 e. The molecular formula is C29H36N2O4. The molecule has 35 heavy (non-hydrogen) atoms. The first kappa shape index (κ1) is 23.9. The minimum atomic E-state index is -0.621. The molecule has 2 aromatic rings. The summed E-state index contributed by atoms with van der Waals surface area (Å²) in [6, 6.07) is 16.2. The first-order chi connectivity index (χ1) is 17.1. The van der Waals surface area contributed by atoms with Crippen molar-refractivity contribution in [3.05, 3.63) is 65.2 Å². The Labute approximate surface area is 208 Å². The molecule has 0 spiro atoms. The number of nitrogens with zero attached hydrogens (tertiary/aromatic N) is 1. The van der Waals surface area contributed by atoms with Gasteiger partial charge < -0.3 is 19.7 Å². The molecule has 3 unspecified atom stereocenters. The van der Waals surface area contributed by atoms with Gasteiger partial charge in [-0.2, -0.15) is 0 Å². The van der Waals surface area contributed by atoms with E-state index in [9.17, 15) is 9.59 Å². The summed E-state index contributed by atoms with van der Waals surface area (Å²) in [6.07, 6.45) is 6.60. The molecule has 2 fully saturated rings. The highest BCUT2D eigenvalue weighted by Crippen LogP contribution is 2.39. The van der Waals surface area contributed by atoms with Gasteiger partial charge in [-0.25, -0.2) is 0 Å². The molecule has 0 bridgehead atoms. The molecule has 1 aliphatic carbocycles. The molecule has 1 N–H and O–H groups in total. The lowest BCUT2D eigenvalue weighted by atomic mass is 9.87. The van der Waals surface area contributed by atoms with Crippen LogP contribution in [0.2, 0.25) is 0 Å². The van der Waals surface area contributed by atoms with Crippen molar-refractivity contribution >= 4 is 11.8 Å². The molecule has 3 aliphatic rings. The Hall–Kier alpha value is -2.86. The largest absolute Gasteiger partial charge is 0.481 e. The fourth-order valence-corrected chi connectivity index (χ4v) is 5.73. The molecule has 186 valence electrons. The van der Waals surface area contributed by atoms with E-state index in [1.807, 2.05) is 30.3 Å². The fraction of sp³-hybridized carbons (Fsp3) is 0.517. The molecular weight excluding hydrogens is 440 g/mol. The van der Waals surface area contributed by atoms with Crippen molar-refractivity contribution in [2.45, 2.75) is 70.1 Å². The van der Waals surface area contributed by atoms with Gasteiger partial charge in [0.15, 0.2) is 6.10 Å².